The Kier molecular flexibility index (Phi) is 3.07. The minimum atomic E-state index is -0.267. The first-order chi connectivity index (χ1) is 8.43. The summed E-state index contributed by atoms with van der Waals surface area (Å²) in [6.45, 7) is 3.84. The van der Waals surface area contributed by atoms with Crippen molar-refractivity contribution in [2.24, 2.45) is 5.41 Å². The van der Waals surface area contributed by atoms with Gasteiger partial charge in [-0.3, -0.25) is 9.59 Å². The number of carbonyl (C=O) groups is 2. The van der Waals surface area contributed by atoms with Crippen LogP contribution in [0.2, 0.25) is 0 Å². The van der Waals surface area contributed by atoms with Crippen LogP contribution >= 0.6 is 0 Å². The van der Waals surface area contributed by atoms with Crippen LogP contribution in [0.25, 0.3) is 0 Å². The monoisotopic (exact) mass is 248 g/mol. The number of rotatable bonds is 2. The molecule has 18 heavy (non-hydrogen) atoms. The average molecular weight is 248 g/mol. The Morgan fingerprint density at radius 2 is 1.83 bits per heavy atom. The third-order valence-electron chi connectivity index (χ3n) is 2.94. The number of pyridine rings is 1. The lowest BCUT2D eigenvalue weighted by molar-refractivity contribution is -0.132. The van der Waals surface area contributed by atoms with E-state index in [1.165, 1.54) is 13.3 Å². The summed E-state index contributed by atoms with van der Waals surface area (Å²) in [6.07, 6.45) is 2.20. The highest BCUT2D eigenvalue weighted by Crippen LogP contribution is 2.33. The highest BCUT2D eigenvalue weighted by atomic mass is 16.5. The SMILES string of the molecule is COc1ccc(N2C(=O)CC(C)(C)CC2=O)nc1. The number of piperidine rings is 1. The minimum absolute atomic E-state index is 0.200. The molecule has 0 spiro atoms. The quantitative estimate of drug-likeness (QED) is 0.748. The van der Waals surface area contributed by atoms with Crippen LogP contribution in [0.5, 0.6) is 5.75 Å². The molecule has 0 aromatic carbocycles. The van der Waals surface area contributed by atoms with Gasteiger partial charge in [-0.1, -0.05) is 13.8 Å². The van der Waals surface area contributed by atoms with Gasteiger partial charge < -0.3 is 4.74 Å². The maximum atomic E-state index is 12.0. The molecule has 2 heterocycles. The molecule has 5 nitrogen and oxygen atoms in total. The Morgan fingerprint density at radius 1 is 1.22 bits per heavy atom. The fourth-order valence-electron chi connectivity index (χ4n) is 2.06. The zero-order valence-corrected chi connectivity index (χ0v) is 10.8. The van der Waals surface area contributed by atoms with E-state index in [2.05, 4.69) is 4.98 Å². The van der Waals surface area contributed by atoms with E-state index in [9.17, 15) is 9.59 Å². The molecule has 5 heteroatoms. The van der Waals surface area contributed by atoms with Gasteiger partial charge in [0.05, 0.1) is 13.3 Å². The van der Waals surface area contributed by atoms with Crippen LogP contribution in [0.15, 0.2) is 18.3 Å². The molecule has 1 fully saturated rings. The van der Waals surface area contributed by atoms with Crippen molar-refractivity contribution < 1.29 is 14.3 Å². The number of hydrogen-bond acceptors (Lipinski definition) is 4. The smallest absolute Gasteiger partial charge is 0.235 e. The second-order valence-electron chi connectivity index (χ2n) is 5.20. The van der Waals surface area contributed by atoms with Crippen molar-refractivity contribution in [2.75, 3.05) is 12.0 Å². The van der Waals surface area contributed by atoms with E-state index in [-0.39, 0.29) is 17.2 Å². The zero-order chi connectivity index (χ0) is 13.3. The highest BCUT2D eigenvalue weighted by Gasteiger charge is 2.38. The van der Waals surface area contributed by atoms with Crippen LogP contribution in [-0.4, -0.2) is 23.9 Å². The van der Waals surface area contributed by atoms with Crippen molar-refractivity contribution in [3.05, 3.63) is 18.3 Å². The Labute approximate surface area is 106 Å². The zero-order valence-electron chi connectivity index (χ0n) is 10.8. The third-order valence-corrected chi connectivity index (χ3v) is 2.94. The lowest BCUT2D eigenvalue weighted by Crippen LogP contribution is -2.46. The van der Waals surface area contributed by atoms with Gasteiger partial charge in [-0.05, 0) is 17.5 Å². The Bertz CT molecular complexity index is 460. The molecule has 1 aliphatic rings. The van der Waals surface area contributed by atoms with Gasteiger partial charge in [-0.25, -0.2) is 9.88 Å². The molecular weight excluding hydrogens is 232 g/mol. The summed E-state index contributed by atoms with van der Waals surface area (Å²) < 4.78 is 4.99. The van der Waals surface area contributed by atoms with Crippen molar-refractivity contribution >= 4 is 17.6 Å². The standard InChI is InChI=1S/C13H16N2O3/c1-13(2)6-11(16)15(12(17)7-13)10-5-4-9(18-3)8-14-10/h4-5,8H,6-7H2,1-3H3. The molecule has 0 saturated carbocycles. The molecule has 1 aliphatic heterocycles. The van der Waals surface area contributed by atoms with Crippen LogP contribution in [0, 0.1) is 5.41 Å². The fraction of sp³-hybridized carbons (Fsp3) is 0.462. The molecular formula is C13H16N2O3. The average Bonchev–Trinajstić information content (AvgIpc) is 2.27. The van der Waals surface area contributed by atoms with Crippen LogP contribution < -0.4 is 9.64 Å². The van der Waals surface area contributed by atoms with Gasteiger partial charge in [0.15, 0.2) is 0 Å². The highest BCUT2D eigenvalue weighted by molar-refractivity contribution is 6.16. The first kappa shape index (κ1) is 12.5. The number of carbonyl (C=O) groups excluding carboxylic acids is 2. The number of imide groups is 1. The molecule has 2 rings (SSSR count). The van der Waals surface area contributed by atoms with Gasteiger partial charge >= 0.3 is 0 Å². The summed E-state index contributed by atoms with van der Waals surface area (Å²) in [7, 11) is 1.54. The van der Waals surface area contributed by atoms with E-state index < -0.39 is 0 Å². The van der Waals surface area contributed by atoms with Crippen molar-refractivity contribution in [3.63, 3.8) is 0 Å². The van der Waals surface area contributed by atoms with Gasteiger partial charge in [0.1, 0.15) is 11.6 Å². The summed E-state index contributed by atoms with van der Waals surface area (Å²) in [6, 6.07) is 3.30. The number of amides is 2. The van der Waals surface area contributed by atoms with Crippen LogP contribution in [0.1, 0.15) is 26.7 Å². The summed E-state index contributed by atoms with van der Waals surface area (Å²) in [5.41, 5.74) is -0.267. The van der Waals surface area contributed by atoms with Crippen molar-refractivity contribution in [1.29, 1.82) is 0 Å². The summed E-state index contributed by atoms with van der Waals surface area (Å²) in [5.74, 6) is 0.556. The Hall–Kier alpha value is -1.91. The molecule has 2 amide bonds. The molecule has 0 atom stereocenters. The summed E-state index contributed by atoms with van der Waals surface area (Å²) in [5, 5.41) is 0. The molecule has 1 saturated heterocycles. The molecule has 1 aromatic heterocycles. The van der Waals surface area contributed by atoms with E-state index in [4.69, 9.17) is 4.74 Å². The first-order valence-electron chi connectivity index (χ1n) is 5.79. The molecule has 0 unspecified atom stereocenters. The van der Waals surface area contributed by atoms with Gasteiger partial charge in [0.25, 0.3) is 0 Å². The van der Waals surface area contributed by atoms with Crippen molar-refractivity contribution in [3.8, 4) is 5.75 Å². The number of methoxy groups -OCH3 is 1. The van der Waals surface area contributed by atoms with Gasteiger partial charge in [-0.2, -0.15) is 0 Å². The molecule has 0 bridgehead atoms. The van der Waals surface area contributed by atoms with Crippen molar-refractivity contribution in [2.45, 2.75) is 26.7 Å². The lowest BCUT2D eigenvalue weighted by atomic mass is 9.82. The Morgan fingerprint density at radius 3 is 2.28 bits per heavy atom. The predicted molar refractivity (Wildman–Crippen MR) is 66.3 cm³/mol. The van der Waals surface area contributed by atoms with E-state index in [1.807, 2.05) is 13.8 Å². The summed E-state index contributed by atoms with van der Waals surface area (Å²) in [4.78, 5) is 29.3. The molecule has 0 aliphatic carbocycles. The topological polar surface area (TPSA) is 59.5 Å². The normalized spacial score (nSPS) is 18.9. The van der Waals surface area contributed by atoms with Crippen LogP contribution in [-0.2, 0) is 9.59 Å². The third kappa shape index (κ3) is 2.34. The van der Waals surface area contributed by atoms with E-state index >= 15 is 0 Å². The second-order valence-corrected chi connectivity index (χ2v) is 5.20. The largest absolute Gasteiger partial charge is 0.495 e. The van der Waals surface area contributed by atoms with E-state index in [0.29, 0.717) is 24.4 Å². The van der Waals surface area contributed by atoms with Gasteiger partial charge in [-0.15, -0.1) is 0 Å². The maximum absolute atomic E-state index is 12.0. The number of aromatic nitrogens is 1. The Balaban J connectivity index is 2.27. The number of nitrogens with zero attached hydrogens (tertiary/aromatic N) is 2. The maximum Gasteiger partial charge on any atom is 0.235 e. The molecule has 96 valence electrons. The molecule has 0 N–H and O–H groups in total. The predicted octanol–water partition coefficient (Wildman–Crippen LogP) is 1.77. The number of ether oxygens (including phenoxy) is 1. The summed E-state index contributed by atoms with van der Waals surface area (Å²) >= 11 is 0. The number of hydrogen-bond donors (Lipinski definition) is 0. The number of anilines is 1. The van der Waals surface area contributed by atoms with Crippen LogP contribution in [0.4, 0.5) is 5.82 Å². The molecule has 0 radical (unpaired) electrons. The van der Waals surface area contributed by atoms with E-state index in [1.54, 1.807) is 12.1 Å². The van der Waals surface area contributed by atoms with E-state index in [0.717, 1.165) is 4.90 Å². The van der Waals surface area contributed by atoms with Gasteiger partial charge in [0, 0.05) is 12.8 Å². The van der Waals surface area contributed by atoms with Crippen molar-refractivity contribution in [1.82, 2.24) is 4.98 Å². The first-order valence-corrected chi connectivity index (χ1v) is 5.79. The van der Waals surface area contributed by atoms with Gasteiger partial charge in [0.2, 0.25) is 11.8 Å². The lowest BCUT2D eigenvalue weighted by Gasteiger charge is -2.33. The second kappa shape index (κ2) is 4.40. The minimum Gasteiger partial charge on any atom is -0.495 e. The van der Waals surface area contributed by atoms with Crippen LogP contribution in [0.3, 0.4) is 0 Å². The molecule has 1 aromatic rings. The fourth-order valence-corrected chi connectivity index (χ4v) is 2.06.